The predicted octanol–water partition coefficient (Wildman–Crippen LogP) is -0.311. The van der Waals surface area contributed by atoms with Crippen LogP contribution < -0.4 is 4.74 Å². The molecule has 8 nitrogen and oxygen atoms in total. The van der Waals surface area contributed by atoms with Gasteiger partial charge in [0.05, 0.1) is 13.2 Å². The highest BCUT2D eigenvalue weighted by molar-refractivity contribution is 5.88. The molecule has 0 spiro atoms. The van der Waals surface area contributed by atoms with Crippen LogP contribution in [0.25, 0.3) is 0 Å². The summed E-state index contributed by atoms with van der Waals surface area (Å²) in [4.78, 5) is 31.1. The summed E-state index contributed by atoms with van der Waals surface area (Å²) in [7, 11) is 3.43. The topological polar surface area (TPSA) is 82.6 Å². The molecule has 1 N–H and O–H groups in total. The quantitative estimate of drug-likeness (QED) is 0.775. The Balaban J connectivity index is 1.80. The number of ether oxygens (including phenoxy) is 2. The highest BCUT2D eigenvalue weighted by Gasteiger charge is 2.37. The molecule has 0 aromatic heterocycles. The van der Waals surface area contributed by atoms with E-state index in [4.69, 9.17) is 9.47 Å². The van der Waals surface area contributed by atoms with E-state index in [1.54, 1.807) is 9.80 Å². The van der Waals surface area contributed by atoms with Gasteiger partial charge in [-0.2, -0.15) is 0 Å². The van der Waals surface area contributed by atoms with E-state index >= 15 is 0 Å². The van der Waals surface area contributed by atoms with Crippen molar-refractivity contribution in [3.63, 3.8) is 0 Å². The molecule has 148 valence electrons. The Labute approximate surface area is 159 Å². The minimum atomic E-state index is -0.533. The van der Waals surface area contributed by atoms with Gasteiger partial charge in [0.1, 0.15) is 25.0 Å². The van der Waals surface area contributed by atoms with Gasteiger partial charge in [-0.3, -0.25) is 9.59 Å². The molecule has 2 aliphatic heterocycles. The van der Waals surface area contributed by atoms with Gasteiger partial charge in [0.15, 0.2) is 0 Å². The van der Waals surface area contributed by atoms with Crippen LogP contribution in [-0.4, -0.2) is 91.2 Å². The average molecular weight is 377 g/mol. The lowest BCUT2D eigenvalue weighted by molar-refractivity contribution is -0.151. The van der Waals surface area contributed by atoms with Crippen molar-refractivity contribution in [1.29, 1.82) is 0 Å². The number of rotatable bonds is 4. The van der Waals surface area contributed by atoms with Crippen LogP contribution >= 0.6 is 0 Å². The summed E-state index contributed by atoms with van der Waals surface area (Å²) in [5.41, 5.74) is 1.65. The van der Waals surface area contributed by atoms with Gasteiger partial charge in [-0.25, -0.2) is 0 Å². The number of hydrogen-bond donors (Lipinski definition) is 1. The number of hydrogen-bond acceptors (Lipinski definition) is 6. The van der Waals surface area contributed by atoms with E-state index < -0.39 is 6.04 Å². The van der Waals surface area contributed by atoms with Gasteiger partial charge in [-0.1, -0.05) is 6.07 Å². The van der Waals surface area contributed by atoms with E-state index in [2.05, 4.69) is 4.90 Å². The Kier molecular flexibility index (Phi) is 6.30. The van der Waals surface area contributed by atoms with Crippen LogP contribution in [0.4, 0.5) is 0 Å². The monoisotopic (exact) mass is 377 g/mol. The number of carbonyl (C=O) groups excluding carboxylic acids is 2. The zero-order chi connectivity index (χ0) is 19.4. The molecule has 27 heavy (non-hydrogen) atoms. The van der Waals surface area contributed by atoms with Crippen LogP contribution in [0.3, 0.4) is 0 Å². The van der Waals surface area contributed by atoms with Crippen molar-refractivity contribution in [2.24, 2.45) is 0 Å². The zero-order valence-corrected chi connectivity index (χ0v) is 15.9. The number of fused-ring (bicyclic) bond motifs is 1. The number of aliphatic hydroxyl groups is 1. The van der Waals surface area contributed by atoms with Gasteiger partial charge in [0.25, 0.3) is 0 Å². The van der Waals surface area contributed by atoms with Crippen molar-refractivity contribution in [3.8, 4) is 5.75 Å². The number of aliphatic hydroxyl groups excluding tert-OH is 1. The number of piperazine rings is 1. The van der Waals surface area contributed by atoms with Crippen LogP contribution in [-0.2, 0) is 27.5 Å². The second-order valence-electron chi connectivity index (χ2n) is 7.01. The van der Waals surface area contributed by atoms with Crippen LogP contribution in [0, 0.1) is 0 Å². The molecule has 8 heteroatoms. The molecule has 2 amide bonds. The number of amides is 2. The molecule has 0 radical (unpaired) electrons. The maximum Gasteiger partial charge on any atom is 0.249 e. The molecule has 1 fully saturated rings. The summed E-state index contributed by atoms with van der Waals surface area (Å²) in [6.45, 7) is 2.88. The summed E-state index contributed by atoms with van der Waals surface area (Å²) >= 11 is 0. The van der Waals surface area contributed by atoms with Gasteiger partial charge in [-0.05, 0) is 24.7 Å². The predicted molar refractivity (Wildman–Crippen MR) is 98.2 cm³/mol. The Morgan fingerprint density at radius 3 is 2.85 bits per heavy atom. The van der Waals surface area contributed by atoms with E-state index in [-0.39, 0.29) is 25.0 Å². The third-order valence-electron chi connectivity index (χ3n) is 5.06. The molecule has 0 unspecified atom stereocenters. The number of methoxy groups -OCH3 is 1. The number of likely N-dealkylation sites (N-methyl/N-ethyl adjacent to an activating group) is 1. The van der Waals surface area contributed by atoms with Gasteiger partial charge in [-0.15, -0.1) is 0 Å². The summed E-state index contributed by atoms with van der Waals surface area (Å²) in [5, 5.41) is 9.38. The molecular weight excluding hydrogens is 350 g/mol. The lowest BCUT2D eigenvalue weighted by Crippen LogP contribution is -2.61. The summed E-state index contributed by atoms with van der Waals surface area (Å²) in [5.74, 6) is 0.477. The van der Waals surface area contributed by atoms with Crippen molar-refractivity contribution >= 4 is 11.8 Å². The zero-order valence-electron chi connectivity index (χ0n) is 15.9. The molecule has 0 bridgehead atoms. The summed E-state index contributed by atoms with van der Waals surface area (Å²) < 4.78 is 10.7. The number of benzene rings is 1. The Bertz CT molecular complexity index is 696. The fourth-order valence-electron chi connectivity index (χ4n) is 3.58. The third kappa shape index (κ3) is 4.40. The molecule has 2 aliphatic rings. The molecule has 2 heterocycles. The smallest absolute Gasteiger partial charge is 0.249 e. The molecule has 1 aromatic carbocycles. The average Bonchev–Trinajstić information content (AvgIpc) is 2.89. The van der Waals surface area contributed by atoms with Gasteiger partial charge in [0, 0.05) is 38.9 Å². The Morgan fingerprint density at radius 2 is 2.11 bits per heavy atom. The molecule has 1 aromatic rings. The van der Waals surface area contributed by atoms with Gasteiger partial charge < -0.3 is 29.3 Å². The van der Waals surface area contributed by atoms with Crippen LogP contribution in [0.15, 0.2) is 18.2 Å². The fraction of sp³-hybridized carbons (Fsp3) is 0.579. The maximum absolute atomic E-state index is 13.3. The lowest BCUT2D eigenvalue weighted by atomic mass is 10.1. The fourth-order valence-corrected chi connectivity index (χ4v) is 3.58. The highest BCUT2D eigenvalue weighted by Crippen LogP contribution is 2.25. The summed E-state index contributed by atoms with van der Waals surface area (Å²) in [6, 6.07) is 4.98. The van der Waals surface area contributed by atoms with E-state index in [0.717, 1.165) is 23.4 Å². The molecule has 0 saturated carbocycles. The molecule has 1 saturated heterocycles. The van der Waals surface area contributed by atoms with Crippen molar-refractivity contribution in [2.45, 2.75) is 19.2 Å². The van der Waals surface area contributed by atoms with Crippen molar-refractivity contribution in [1.82, 2.24) is 14.7 Å². The minimum absolute atomic E-state index is 0.0285. The lowest BCUT2D eigenvalue weighted by Gasteiger charge is -2.40. The number of nitrogens with zero attached hydrogens (tertiary/aromatic N) is 3. The first-order valence-electron chi connectivity index (χ1n) is 9.14. The van der Waals surface area contributed by atoms with Crippen LogP contribution in [0.1, 0.15) is 11.1 Å². The molecule has 1 atom stereocenters. The Hall–Kier alpha value is -2.16. The highest BCUT2D eigenvalue weighted by atomic mass is 16.5. The second-order valence-corrected chi connectivity index (χ2v) is 7.01. The van der Waals surface area contributed by atoms with Crippen molar-refractivity contribution < 1.29 is 24.2 Å². The van der Waals surface area contributed by atoms with Crippen LogP contribution in [0.2, 0.25) is 0 Å². The van der Waals surface area contributed by atoms with Crippen LogP contribution in [0.5, 0.6) is 5.75 Å². The first kappa shape index (κ1) is 19.6. The number of carbonyl (C=O) groups is 2. The molecule has 0 aliphatic carbocycles. The Morgan fingerprint density at radius 1 is 1.30 bits per heavy atom. The SMILES string of the molecule is COCC(=O)N1CCN(C)C[C@H]1C(=O)N1CCOc2ccc(CO)cc2C1. The van der Waals surface area contributed by atoms with E-state index in [1.165, 1.54) is 7.11 Å². The molecular formula is C19H27N3O5. The van der Waals surface area contributed by atoms with Crippen molar-refractivity contribution in [3.05, 3.63) is 29.3 Å². The minimum Gasteiger partial charge on any atom is -0.491 e. The van der Waals surface area contributed by atoms with E-state index in [0.29, 0.717) is 32.8 Å². The third-order valence-corrected chi connectivity index (χ3v) is 5.06. The first-order chi connectivity index (χ1) is 13.0. The van der Waals surface area contributed by atoms with Gasteiger partial charge in [0.2, 0.25) is 11.8 Å². The first-order valence-corrected chi connectivity index (χ1v) is 9.14. The van der Waals surface area contributed by atoms with E-state index in [1.807, 2.05) is 25.2 Å². The molecule has 3 rings (SSSR count). The standard InChI is InChI=1S/C19H27N3O5/c1-20-5-6-22(18(24)13-26-2)16(11-20)19(25)21-7-8-27-17-4-3-14(12-23)9-15(17)10-21/h3-4,9,16,23H,5-8,10-13H2,1-2H3/t16-/m0/s1. The largest absolute Gasteiger partial charge is 0.491 e. The maximum atomic E-state index is 13.3. The second kappa shape index (κ2) is 8.69. The summed E-state index contributed by atoms with van der Waals surface area (Å²) in [6.07, 6.45) is 0. The van der Waals surface area contributed by atoms with Crippen molar-refractivity contribution in [2.75, 3.05) is 53.6 Å². The normalized spacial score (nSPS) is 20.6. The van der Waals surface area contributed by atoms with Gasteiger partial charge >= 0.3 is 0 Å². The van der Waals surface area contributed by atoms with E-state index in [9.17, 15) is 14.7 Å².